The van der Waals surface area contributed by atoms with Crippen molar-refractivity contribution in [1.29, 1.82) is 0 Å². The van der Waals surface area contributed by atoms with Crippen molar-refractivity contribution in [3.05, 3.63) is 52.8 Å². The lowest BCUT2D eigenvalue weighted by Gasteiger charge is -2.36. The summed E-state index contributed by atoms with van der Waals surface area (Å²) < 4.78 is 13.2. The van der Waals surface area contributed by atoms with Gasteiger partial charge in [-0.15, -0.1) is 9.24 Å². The molecule has 2 aromatic carbocycles. The van der Waals surface area contributed by atoms with Crippen molar-refractivity contribution in [3.63, 3.8) is 0 Å². The molecule has 27 heavy (non-hydrogen) atoms. The average molecular weight is 408 g/mol. The van der Waals surface area contributed by atoms with E-state index in [1.165, 1.54) is 12.1 Å². The number of benzene rings is 2. The van der Waals surface area contributed by atoms with Gasteiger partial charge in [0, 0.05) is 24.5 Å². The zero-order chi connectivity index (χ0) is 19.6. The number of nitrogens with one attached hydrogen (secondary N) is 1. The van der Waals surface area contributed by atoms with Crippen molar-refractivity contribution in [1.82, 2.24) is 4.90 Å². The Bertz CT molecular complexity index is 840. The molecular weight excluding hydrogens is 384 g/mol. The van der Waals surface area contributed by atoms with Gasteiger partial charge in [-0.05, 0) is 74.7 Å². The summed E-state index contributed by atoms with van der Waals surface area (Å²) in [5, 5.41) is 3.95. The van der Waals surface area contributed by atoms with Crippen LogP contribution in [0.25, 0.3) is 0 Å². The number of carbonyl (C=O) groups is 1. The van der Waals surface area contributed by atoms with Gasteiger partial charge in [-0.1, -0.05) is 11.6 Å². The van der Waals surface area contributed by atoms with Crippen LogP contribution in [-0.2, 0) is 0 Å². The van der Waals surface area contributed by atoms with Crippen molar-refractivity contribution in [2.24, 2.45) is 0 Å². The molecule has 1 aliphatic rings. The van der Waals surface area contributed by atoms with Crippen molar-refractivity contribution in [2.45, 2.75) is 18.9 Å². The molecule has 2 aromatic rings. The number of carbonyl (C=O) groups excluding carboxylic acids is 1. The number of rotatable bonds is 4. The second kappa shape index (κ2) is 8.55. The van der Waals surface area contributed by atoms with Crippen LogP contribution in [0.15, 0.2) is 36.4 Å². The number of hydrogen-bond donors (Lipinski definition) is 1. The maximum absolute atomic E-state index is 13.2. The summed E-state index contributed by atoms with van der Waals surface area (Å²) in [5.74, 6) is -0.825. The SMILES string of the molecule is CN1CCC(N(C)c2cc(P)cc(NC(=O)c3ccc(F)cc3Cl)c2)CC1. The molecule has 1 saturated heterocycles. The van der Waals surface area contributed by atoms with Gasteiger partial charge in [-0.3, -0.25) is 4.79 Å². The van der Waals surface area contributed by atoms with E-state index in [1.54, 1.807) is 0 Å². The molecular formula is C20H24ClFN3OP. The van der Waals surface area contributed by atoms with E-state index in [9.17, 15) is 9.18 Å². The lowest BCUT2D eigenvalue weighted by atomic mass is 10.0. The maximum atomic E-state index is 13.2. The van der Waals surface area contributed by atoms with Crippen molar-refractivity contribution in [2.75, 3.05) is 37.4 Å². The van der Waals surface area contributed by atoms with Crippen LogP contribution in [-0.4, -0.2) is 44.0 Å². The molecule has 0 saturated carbocycles. The van der Waals surface area contributed by atoms with Gasteiger partial charge in [0.2, 0.25) is 0 Å². The average Bonchev–Trinajstić information content (AvgIpc) is 2.61. The summed E-state index contributed by atoms with van der Waals surface area (Å²) in [7, 11) is 6.92. The van der Waals surface area contributed by atoms with E-state index in [4.69, 9.17) is 11.6 Å². The molecule has 0 aromatic heterocycles. The molecule has 1 fully saturated rings. The summed E-state index contributed by atoms with van der Waals surface area (Å²) in [4.78, 5) is 17.2. The second-order valence-corrected chi connectivity index (χ2v) is 8.11. The van der Waals surface area contributed by atoms with Crippen LogP contribution < -0.4 is 15.5 Å². The number of anilines is 2. The van der Waals surface area contributed by atoms with Gasteiger partial charge in [0.1, 0.15) is 5.82 Å². The molecule has 3 rings (SSSR count). The first-order chi connectivity index (χ1) is 12.8. The van der Waals surface area contributed by atoms with E-state index in [2.05, 4.69) is 44.5 Å². The van der Waals surface area contributed by atoms with Gasteiger partial charge in [0.15, 0.2) is 0 Å². The first-order valence-corrected chi connectivity index (χ1v) is 9.87. The summed E-state index contributed by atoms with van der Waals surface area (Å²) in [5.41, 5.74) is 1.98. The third-order valence-corrected chi connectivity index (χ3v) is 5.66. The highest BCUT2D eigenvalue weighted by Gasteiger charge is 2.21. The molecule has 144 valence electrons. The van der Waals surface area contributed by atoms with Crippen LogP contribution >= 0.6 is 20.8 Å². The third-order valence-electron chi connectivity index (χ3n) is 5.02. The molecule has 0 radical (unpaired) electrons. The Morgan fingerprint density at radius 1 is 1.26 bits per heavy atom. The fourth-order valence-electron chi connectivity index (χ4n) is 3.38. The smallest absolute Gasteiger partial charge is 0.257 e. The Kier molecular flexibility index (Phi) is 6.36. The largest absolute Gasteiger partial charge is 0.371 e. The summed E-state index contributed by atoms with van der Waals surface area (Å²) in [6.45, 7) is 2.17. The van der Waals surface area contributed by atoms with Gasteiger partial charge in [-0.2, -0.15) is 0 Å². The Morgan fingerprint density at radius 3 is 2.63 bits per heavy atom. The number of hydrogen-bond acceptors (Lipinski definition) is 3. The Balaban J connectivity index is 1.77. The second-order valence-electron chi connectivity index (χ2n) is 7.04. The van der Waals surface area contributed by atoms with Crippen LogP contribution in [0.1, 0.15) is 23.2 Å². The van der Waals surface area contributed by atoms with Crippen molar-refractivity contribution >= 4 is 43.4 Å². The Labute approximate surface area is 166 Å². The highest BCUT2D eigenvalue weighted by atomic mass is 35.5. The van der Waals surface area contributed by atoms with Crippen LogP contribution in [0, 0.1) is 5.82 Å². The zero-order valence-corrected chi connectivity index (χ0v) is 17.4. The number of likely N-dealkylation sites (tertiary alicyclic amines) is 1. The van der Waals surface area contributed by atoms with Gasteiger partial charge in [-0.25, -0.2) is 4.39 Å². The predicted octanol–water partition coefficient (Wildman–Crippen LogP) is 3.76. The standard InChI is InChI=1S/C20H24ClFN3OP/c1-24-7-5-15(6-8-24)25(2)16-10-14(11-17(27)12-16)23-20(26)18-4-3-13(22)9-19(18)21/h3-4,9-12,15H,5-8,27H2,1-2H3,(H,23,26). The Morgan fingerprint density at radius 2 is 1.96 bits per heavy atom. The topological polar surface area (TPSA) is 35.6 Å². The molecule has 0 spiro atoms. The molecule has 1 unspecified atom stereocenters. The lowest BCUT2D eigenvalue weighted by Crippen LogP contribution is -2.42. The fourth-order valence-corrected chi connectivity index (χ4v) is 3.98. The minimum absolute atomic E-state index is 0.0956. The van der Waals surface area contributed by atoms with Gasteiger partial charge >= 0.3 is 0 Å². The molecule has 1 aliphatic heterocycles. The minimum Gasteiger partial charge on any atom is -0.371 e. The monoisotopic (exact) mass is 407 g/mol. The quantitative estimate of drug-likeness (QED) is 0.784. The number of amides is 1. The predicted molar refractivity (Wildman–Crippen MR) is 114 cm³/mol. The minimum atomic E-state index is -0.467. The number of nitrogens with zero attached hydrogens (tertiary/aromatic N) is 2. The molecule has 0 aliphatic carbocycles. The first-order valence-electron chi connectivity index (χ1n) is 8.92. The van der Waals surface area contributed by atoms with Crippen LogP contribution in [0.2, 0.25) is 5.02 Å². The molecule has 1 N–H and O–H groups in total. The van der Waals surface area contributed by atoms with Gasteiger partial charge in [0.25, 0.3) is 5.91 Å². The molecule has 4 nitrogen and oxygen atoms in total. The third kappa shape index (κ3) is 4.98. The van der Waals surface area contributed by atoms with Crippen LogP contribution in [0.4, 0.5) is 15.8 Å². The lowest BCUT2D eigenvalue weighted by molar-refractivity contribution is 0.102. The van der Waals surface area contributed by atoms with E-state index in [0.717, 1.165) is 43.0 Å². The fraction of sp³-hybridized carbons (Fsp3) is 0.350. The van der Waals surface area contributed by atoms with Crippen molar-refractivity contribution < 1.29 is 9.18 Å². The summed E-state index contributed by atoms with van der Waals surface area (Å²) in [6, 6.07) is 10.2. The highest BCUT2D eigenvalue weighted by molar-refractivity contribution is 7.27. The molecule has 1 heterocycles. The number of piperidine rings is 1. The molecule has 1 amide bonds. The first kappa shape index (κ1) is 20.1. The van der Waals surface area contributed by atoms with E-state index < -0.39 is 5.82 Å². The van der Waals surface area contributed by atoms with Gasteiger partial charge in [0.05, 0.1) is 10.6 Å². The summed E-state index contributed by atoms with van der Waals surface area (Å²) in [6.07, 6.45) is 2.22. The van der Waals surface area contributed by atoms with E-state index >= 15 is 0 Å². The highest BCUT2D eigenvalue weighted by Crippen LogP contribution is 2.25. The zero-order valence-electron chi connectivity index (χ0n) is 15.5. The molecule has 0 bridgehead atoms. The van der Waals surface area contributed by atoms with Crippen LogP contribution in [0.3, 0.4) is 0 Å². The maximum Gasteiger partial charge on any atom is 0.257 e. The van der Waals surface area contributed by atoms with E-state index in [0.29, 0.717) is 11.7 Å². The normalized spacial score (nSPS) is 15.6. The number of halogens is 2. The molecule has 1 atom stereocenters. The van der Waals surface area contributed by atoms with Crippen molar-refractivity contribution in [3.8, 4) is 0 Å². The Hall–Kier alpha value is -1.68. The van der Waals surface area contributed by atoms with Gasteiger partial charge < -0.3 is 15.1 Å². The van der Waals surface area contributed by atoms with Crippen LogP contribution in [0.5, 0.6) is 0 Å². The van der Waals surface area contributed by atoms with E-state index in [1.807, 2.05) is 12.1 Å². The van der Waals surface area contributed by atoms with E-state index in [-0.39, 0.29) is 16.5 Å². The summed E-state index contributed by atoms with van der Waals surface area (Å²) >= 11 is 6.00. The molecule has 7 heteroatoms.